The fraction of sp³-hybridized carbons (Fsp3) is 0.400. The van der Waals surface area contributed by atoms with E-state index in [2.05, 4.69) is 0 Å². The van der Waals surface area contributed by atoms with Crippen molar-refractivity contribution >= 4 is 23.4 Å². The van der Waals surface area contributed by atoms with E-state index in [-0.39, 0.29) is 31.4 Å². The lowest BCUT2D eigenvalue weighted by Crippen LogP contribution is -2.48. The molecular weight excluding hydrogens is 502 g/mol. The second kappa shape index (κ2) is 10.9. The molecule has 0 radical (unpaired) electrons. The van der Waals surface area contributed by atoms with Crippen molar-refractivity contribution in [1.82, 2.24) is 0 Å². The maximum Gasteiger partial charge on any atom is 0.336 e. The van der Waals surface area contributed by atoms with Gasteiger partial charge in [-0.05, 0) is 56.5 Å². The number of ketones is 1. The van der Waals surface area contributed by atoms with Crippen LogP contribution in [0.3, 0.4) is 0 Å². The predicted molar refractivity (Wildman–Crippen MR) is 141 cm³/mol. The molecule has 5 rings (SSSR count). The van der Waals surface area contributed by atoms with Crippen molar-refractivity contribution in [3.05, 3.63) is 64.9 Å². The van der Waals surface area contributed by atoms with Crippen LogP contribution in [0.5, 0.6) is 17.2 Å². The monoisotopic (exact) mass is 533 g/mol. The third-order valence-corrected chi connectivity index (χ3v) is 7.48. The topological polar surface area (TPSA) is 110 Å². The number of rotatable bonds is 7. The van der Waals surface area contributed by atoms with E-state index in [0.717, 1.165) is 5.56 Å². The highest BCUT2D eigenvalue weighted by Gasteiger charge is 2.53. The number of methoxy groups -OCH3 is 1. The Balaban J connectivity index is 1.68. The summed E-state index contributed by atoms with van der Waals surface area (Å²) in [6.07, 6.45) is 0.314. The third kappa shape index (κ3) is 4.66. The van der Waals surface area contributed by atoms with Crippen LogP contribution in [0.25, 0.3) is 0 Å². The Labute approximate surface area is 226 Å². The van der Waals surface area contributed by atoms with Crippen LogP contribution in [-0.2, 0) is 23.9 Å². The molecule has 9 nitrogen and oxygen atoms in total. The van der Waals surface area contributed by atoms with Gasteiger partial charge in [-0.25, -0.2) is 4.79 Å². The molecule has 1 aliphatic carbocycles. The summed E-state index contributed by atoms with van der Waals surface area (Å²) in [5, 5.41) is 0. The SMILES string of the molecule is CCOC(=O)C1=C(C)N=C2C[C@H](c3ccccc3OC)[C@H](C(=O)OCC)C(=O)C2[C@@H]1c1ccc2c(c1)OCO2. The number of carbonyl (C=O) groups is 3. The van der Waals surface area contributed by atoms with Gasteiger partial charge in [0.25, 0.3) is 0 Å². The number of ether oxygens (including phenoxy) is 5. The average Bonchev–Trinajstić information content (AvgIpc) is 3.40. The maximum atomic E-state index is 14.5. The summed E-state index contributed by atoms with van der Waals surface area (Å²) in [5.74, 6) is -3.08. The number of nitrogens with zero attached hydrogens (tertiary/aromatic N) is 1. The zero-order chi connectivity index (χ0) is 27.7. The molecule has 0 bridgehead atoms. The second-order valence-corrected chi connectivity index (χ2v) is 9.58. The molecule has 2 heterocycles. The Bertz CT molecular complexity index is 1380. The molecule has 204 valence electrons. The van der Waals surface area contributed by atoms with Gasteiger partial charge in [-0.1, -0.05) is 24.3 Å². The van der Waals surface area contributed by atoms with E-state index in [9.17, 15) is 14.4 Å². The summed E-state index contributed by atoms with van der Waals surface area (Å²) in [6.45, 7) is 5.56. The van der Waals surface area contributed by atoms with Crippen LogP contribution in [0.4, 0.5) is 0 Å². The van der Waals surface area contributed by atoms with Crippen molar-refractivity contribution in [2.75, 3.05) is 27.1 Å². The van der Waals surface area contributed by atoms with Gasteiger partial charge in [0.2, 0.25) is 6.79 Å². The largest absolute Gasteiger partial charge is 0.496 e. The number of hydrogen-bond acceptors (Lipinski definition) is 9. The molecule has 2 aromatic rings. The molecule has 9 heteroatoms. The fourth-order valence-electron chi connectivity index (χ4n) is 5.89. The maximum absolute atomic E-state index is 14.5. The Morgan fingerprint density at radius 1 is 1.00 bits per heavy atom. The summed E-state index contributed by atoms with van der Waals surface area (Å²) >= 11 is 0. The first-order chi connectivity index (χ1) is 18.9. The number of allylic oxidation sites excluding steroid dienone is 1. The molecule has 0 amide bonds. The van der Waals surface area contributed by atoms with E-state index < -0.39 is 35.6 Å². The van der Waals surface area contributed by atoms with Gasteiger partial charge in [-0.2, -0.15) is 0 Å². The van der Waals surface area contributed by atoms with Crippen molar-refractivity contribution in [3.63, 3.8) is 0 Å². The number of aliphatic imine (C=N–C) groups is 1. The standard InChI is InChI=1S/C30H31NO8/c1-5-36-29(33)24-16(3)31-20-14-19(18-9-7-8-10-21(18)35-4)26(30(34)37-6-2)28(32)27(20)25(24)17-11-12-22-23(13-17)39-15-38-22/h7-13,19,25-27H,5-6,14-15H2,1-4H3/t19-,25-,26+,27?/m1/s1. The second-order valence-electron chi connectivity index (χ2n) is 9.58. The van der Waals surface area contributed by atoms with E-state index in [0.29, 0.717) is 40.6 Å². The van der Waals surface area contributed by atoms with Gasteiger partial charge >= 0.3 is 11.9 Å². The molecule has 1 saturated carbocycles. The van der Waals surface area contributed by atoms with Crippen molar-refractivity contribution in [1.29, 1.82) is 0 Å². The number of Topliss-reactive ketones (excluding diaryl/α,β-unsaturated/α-hetero) is 1. The lowest BCUT2D eigenvalue weighted by molar-refractivity contribution is -0.153. The molecule has 3 aliphatic rings. The minimum absolute atomic E-state index is 0.0869. The molecule has 4 atom stereocenters. The number of hydrogen-bond donors (Lipinski definition) is 0. The van der Waals surface area contributed by atoms with Gasteiger partial charge in [0.15, 0.2) is 17.3 Å². The van der Waals surface area contributed by atoms with E-state index in [4.69, 9.17) is 28.7 Å². The molecular formula is C30H31NO8. The van der Waals surface area contributed by atoms with Crippen LogP contribution in [0.2, 0.25) is 0 Å². The highest BCUT2D eigenvalue weighted by atomic mass is 16.7. The molecule has 2 aromatic carbocycles. The number of para-hydroxylation sites is 1. The molecule has 0 spiro atoms. The molecule has 1 fully saturated rings. The summed E-state index contributed by atoms with van der Waals surface area (Å²) in [7, 11) is 1.55. The summed E-state index contributed by atoms with van der Waals surface area (Å²) in [4.78, 5) is 45.9. The van der Waals surface area contributed by atoms with Crippen molar-refractivity contribution in [3.8, 4) is 17.2 Å². The predicted octanol–water partition coefficient (Wildman–Crippen LogP) is 4.35. The lowest BCUT2D eigenvalue weighted by atomic mass is 9.62. The lowest BCUT2D eigenvalue weighted by Gasteiger charge is -2.41. The minimum Gasteiger partial charge on any atom is -0.496 e. The van der Waals surface area contributed by atoms with Crippen LogP contribution in [0.1, 0.15) is 50.2 Å². The van der Waals surface area contributed by atoms with E-state index in [1.165, 1.54) is 0 Å². The van der Waals surface area contributed by atoms with Gasteiger partial charge < -0.3 is 23.7 Å². The molecule has 39 heavy (non-hydrogen) atoms. The van der Waals surface area contributed by atoms with Crippen molar-refractivity contribution in [2.24, 2.45) is 16.8 Å². The minimum atomic E-state index is -1.11. The van der Waals surface area contributed by atoms with E-state index in [1.54, 1.807) is 46.1 Å². The number of benzene rings is 2. The quantitative estimate of drug-likeness (QED) is 0.382. The number of esters is 2. The molecule has 2 aliphatic heterocycles. The zero-order valence-electron chi connectivity index (χ0n) is 22.4. The summed E-state index contributed by atoms with van der Waals surface area (Å²) in [6, 6.07) is 12.7. The first kappa shape index (κ1) is 26.5. The highest BCUT2D eigenvalue weighted by molar-refractivity contribution is 6.18. The Kier molecular flexibility index (Phi) is 7.41. The van der Waals surface area contributed by atoms with E-state index in [1.807, 2.05) is 24.3 Å². The van der Waals surface area contributed by atoms with E-state index >= 15 is 0 Å². The van der Waals surface area contributed by atoms with Gasteiger partial charge in [-0.15, -0.1) is 0 Å². The third-order valence-electron chi connectivity index (χ3n) is 7.48. The first-order valence-electron chi connectivity index (χ1n) is 13.1. The molecule has 1 unspecified atom stereocenters. The van der Waals surface area contributed by atoms with Crippen LogP contribution in [0.15, 0.2) is 58.7 Å². The highest BCUT2D eigenvalue weighted by Crippen LogP contribution is 2.50. The van der Waals surface area contributed by atoms with Crippen molar-refractivity contribution < 1.29 is 38.1 Å². The Hall–Kier alpha value is -4.14. The summed E-state index contributed by atoms with van der Waals surface area (Å²) < 4.78 is 27.5. The Morgan fingerprint density at radius 2 is 1.74 bits per heavy atom. The first-order valence-corrected chi connectivity index (χ1v) is 13.1. The van der Waals surface area contributed by atoms with Crippen LogP contribution in [-0.4, -0.2) is 50.6 Å². The smallest absolute Gasteiger partial charge is 0.336 e. The Morgan fingerprint density at radius 3 is 2.49 bits per heavy atom. The van der Waals surface area contributed by atoms with Gasteiger partial charge in [-0.3, -0.25) is 14.6 Å². The fourth-order valence-corrected chi connectivity index (χ4v) is 5.89. The molecule has 0 aromatic heterocycles. The van der Waals surface area contributed by atoms with Crippen LogP contribution in [0, 0.1) is 11.8 Å². The normalized spacial score (nSPS) is 23.6. The van der Waals surface area contributed by atoms with Crippen molar-refractivity contribution in [2.45, 2.75) is 39.0 Å². The van der Waals surface area contributed by atoms with Gasteiger partial charge in [0, 0.05) is 23.2 Å². The number of carbonyl (C=O) groups excluding carboxylic acids is 3. The summed E-state index contributed by atoms with van der Waals surface area (Å²) in [5.41, 5.74) is 2.76. The molecule has 0 saturated heterocycles. The molecule has 0 N–H and O–H groups in total. The number of fused-ring (bicyclic) bond motifs is 2. The van der Waals surface area contributed by atoms with Gasteiger partial charge in [0.1, 0.15) is 11.7 Å². The zero-order valence-corrected chi connectivity index (χ0v) is 22.4. The van der Waals surface area contributed by atoms with Crippen LogP contribution >= 0.6 is 0 Å². The van der Waals surface area contributed by atoms with Crippen LogP contribution < -0.4 is 14.2 Å². The van der Waals surface area contributed by atoms with Gasteiger partial charge in [0.05, 0.1) is 31.8 Å². The average molecular weight is 534 g/mol.